The molecule has 4 aliphatic rings. The zero-order valence-corrected chi connectivity index (χ0v) is 15.8. The molecular formula is C20H24BClO3. The molecular weight excluding hydrogens is 334 g/mol. The number of halogens is 1. The first-order chi connectivity index (χ1) is 11.9. The maximum absolute atomic E-state index is 6.72. The normalized spacial score (nSPS) is 34.0. The Kier molecular flexibility index (Phi) is 3.58. The number of para-hydroxylation sites is 1. The lowest BCUT2D eigenvalue weighted by Crippen LogP contribution is -2.59. The smallest absolute Gasteiger partial charge is 0.464 e. The lowest BCUT2D eigenvalue weighted by atomic mass is 9.47. The second kappa shape index (κ2) is 5.51. The molecule has 2 heterocycles. The highest BCUT2D eigenvalue weighted by Gasteiger charge is 2.62. The van der Waals surface area contributed by atoms with Gasteiger partial charge in [-0.25, -0.2) is 0 Å². The van der Waals surface area contributed by atoms with Crippen LogP contribution in [0.25, 0.3) is 11.0 Å². The van der Waals surface area contributed by atoms with Gasteiger partial charge in [-0.2, -0.15) is 0 Å². The lowest BCUT2D eigenvalue weighted by molar-refractivity contribution is -0.150. The minimum Gasteiger partial charge on any atom is -0.464 e. The topological polar surface area (TPSA) is 31.6 Å². The third kappa shape index (κ3) is 2.34. The molecule has 1 aliphatic heterocycles. The number of aryl methyl sites for hydroxylation is 1. The van der Waals surface area contributed by atoms with E-state index in [2.05, 4.69) is 39.0 Å². The SMILES string of the molecule is Cc1cccc2c(C[C@@H](Cl)B3OC4[C@H]5C[C@@H](C[C@H]4O3)C5(C)C)coc12. The first-order valence-corrected chi connectivity index (χ1v) is 9.79. The second-order valence-electron chi connectivity index (χ2n) is 8.67. The molecule has 0 amide bonds. The molecule has 5 heteroatoms. The minimum atomic E-state index is -0.318. The van der Waals surface area contributed by atoms with Gasteiger partial charge in [0, 0.05) is 5.39 Å². The van der Waals surface area contributed by atoms with E-state index in [1.165, 1.54) is 6.42 Å². The van der Waals surface area contributed by atoms with Crippen LogP contribution < -0.4 is 0 Å². The third-order valence-corrected chi connectivity index (χ3v) is 7.37. The van der Waals surface area contributed by atoms with Gasteiger partial charge >= 0.3 is 7.12 Å². The summed E-state index contributed by atoms with van der Waals surface area (Å²) in [6.45, 7) is 6.81. The molecule has 1 aromatic carbocycles. The summed E-state index contributed by atoms with van der Waals surface area (Å²) in [7, 11) is -0.318. The van der Waals surface area contributed by atoms with E-state index in [-0.39, 0.29) is 24.6 Å². The zero-order valence-electron chi connectivity index (χ0n) is 15.0. The van der Waals surface area contributed by atoms with E-state index in [1.54, 1.807) is 0 Å². The molecule has 1 saturated heterocycles. The molecule has 1 unspecified atom stereocenters. The van der Waals surface area contributed by atoms with Crippen molar-refractivity contribution in [3.63, 3.8) is 0 Å². The van der Waals surface area contributed by atoms with Gasteiger partial charge in [-0.05, 0) is 54.6 Å². The van der Waals surface area contributed by atoms with Gasteiger partial charge in [-0.15, -0.1) is 11.6 Å². The minimum absolute atomic E-state index is 0.202. The summed E-state index contributed by atoms with van der Waals surface area (Å²) in [5.41, 5.74) is 3.62. The van der Waals surface area contributed by atoms with Crippen LogP contribution in [0.3, 0.4) is 0 Å². The predicted molar refractivity (Wildman–Crippen MR) is 99.8 cm³/mol. The van der Waals surface area contributed by atoms with Crippen LogP contribution >= 0.6 is 11.6 Å². The quantitative estimate of drug-likeness (QED) is 0.585. The summed E-state index contributed by atoms with van der Waals surface area (Å²) in [5, 5.41) is 0.941. The Bertz CT molecular complexity index is 816. The van der Waals surface area contributed by atoms with Crippen LogP contribution in [0.5, 0.6) is 0 Å². The van der Waals surface area contributed by atoms with Crippen LogP contribution in [0.4, 0.5) is 0 Å². The van der Waals surface area contributed by atoms with Crippen molar-refractivity contribution in [3.8, 4) is 0 Å². The van der Waals surface area contributed by atoms with Crippen molar-refractivity contribution < 1.29 is 13.7 Å². The van der Waals surface area contributed by atoms with E-state index < -0.39 is 0 Å². The number of furan rings is 1. The van der Waals surface area contributed by atoms with Gasteiger partial charge in [0.15, 0.2) is 0 Å². The molecule has 25 heavy (non-hydrogen) atoms. The Morgan fingerprint density at radius 3 is 2.92 bits per heavy atom. The fourth-order valence-corrected chi connectivity index (χ4v) is 5.54. The highest BCUT2D eigenvalue weighted by Crippen LogP contribution is 2.61. The van der Waals surface area contributed by atoms with Gasteiger partial charge in [0.05, 0.1) is 23.7 Å². The number of hydrogen-bond donors (Lipinski definition) is 0. The van der Waals surface area contributed by atoms with E-state index in [0.29, 0.717) is 17.8 Å². The molecule has 5 atom stereocenters. The molecule has 1 aromatic heterocycles. The number of rotatable bonds is 3. The summed E-state index contributed by atoms with van der Waals surface area (Å²) in [4.78, 5) is 0. The average Bonchev–Trinajstić information content (AvgIpc) is 3.19. The highest BCUT2D eigenvalue weighted by atomic mass is 35.5. The van der Waals surface area contributed by atoms with Gasteiger partial charge in [0.2, 0.25) is 0 Å². The van der Waals surface area contributed by atoms with Gasteiger partial charge in [0.25, 0.3) is 0 Å². The summed E-state index contributed by atoms with van der Waals surface area (Å²) < 4.78 is 18.3. The number of hydrogen-bond acceptors (Lipinski definition) is 3. The number of fused-ring (bicyclic) bond motifs is 1. The molecule has 3 saturated carbocycles. The van der Waals surface area contributed by atoms with Crippen LogP contribution in [-0.4, -0.2) is 24.6 Å². The Morgan fingerprint density at radius 1 is 1.28 bits per heavy atom. The van der Waals surface area contributed by atoms with Crippen molar-refractivity contribution in [1.82, 2.24) is 0 Å². The summed E-state index contributed by atoms with van der Waals surface area (Å²) in [6, 6.07) is 6.22. The first-order valence-electron chi connectivity index (χ1n) is 9.36. The standard InChI is InChI=1S/C20H24BClO3/c1-11-5-4-6-14-12(10-23-18(11)14)7-17(22)21-24-16-9-13-8-15(19(16)25-21)20(13,2)3/h4-6,10,13,15-17,19H,7-9H2,1-3H3/t13-,15+,16+,17+,19?/m0/s1. The largest absolute Gasteiger partial charge is 0.476 e. The Labute approximate surface area is 154 Å². The third-order valence-electron chi connectivity index (χ3n) is 7.01. The van der Waals surface area contributed by atoms with Crippen LogP contribution in [0, 0.1) is 24.2 Å². The van der Waals surface area contributed by atoms with Crippen LogP contribution in [-0.2, 0) is 15.7 Å². The number of benzene rings is 1. The van der Waals surface area contributed by atoms with Crippen molar-refractivity contribution in [2.75, 3.05) is 0 Å². The lowest BCUT2D eigenvalue weighted by Gasteiger charge is -2.60. The Balaban J connectivity index is 1.32. The second-order valence-corrected chi connectivity index (χ2v) is 9.23. The Hall–Kier alpha value is -0.965. The van der Waals surface area contributed by atoms with Gasteiger partial charge in [0.1, 0.15) is 5.58 Å². The van der Waals surface area contributed by atoms with Crippen molar-refractivity contribution in [2.24, 2.45) is 17.3 Å². The molecule has 3 nitrogen and oxygen atoms in total. The van der Waals surface area contributed by atoms with Crippen molar-refractivity contribution in [1.29, 1.82) is 0 Å². The average molecular weight is 359 g/mol. The highest BCUT2D eigenvalue weighted by molar-refractivity contribution is 6.59. The summed E-state index contributed by atoms with van der Waals surface area (Å²) in [6.07, 6.45) is 5.36. The van der Waals surface area contributed by atoms with Gasteiger partial charge < -0.3 is 13.7 Å². The van der Waals surface area contributed by atoms with E-state index in [0.717, 1.165) is 34.4 Å². The van der Waals surface area contributed by atoms with Crippen LogP contribution in [0.1, 0.15) is 37.8 Å². The molecule has 0 radical (unpaired) electrons. The van der Waals surface area contributed by atoms with Crippen molar-refractivity contribution >= 4 is 29.7 Å². The number of alkyl halides is 1. The van der Waals surface area contributed by atoms with Crippen LogP contribution in [0.15, 0.2) is 28.9 Å². The maximum Gasteiger partial charge on any atom is 0.476 e. The fourth-order valence-electron chi connectivity index (χ4n) is 5.25. The molecule has 0 spiro atoms. The molecule has 132 valence electrons. The summed E-state index contributed by atoms with van der Waals surface area (Å²) >= 11 is 6.72. The molecule has 2 aromatic rings. The van der Waals surface area contributed by atoms with E-state index >= 15 is 0 Å². The van der Waals surface area contributed by atoms with E-state index in [9.17, 15) is 0 Å². The zero-order chi connectivity index (χ0) is 17.3. The molecule has 0 N–H and O–H groups in total. The molecule has 4 fully saturated rings. The van der Waals surface area contributed by atoms with Crippen LogP contribution in [0.2, 0.25) is 0 Å². The predicted octanol–water partition coefficient (Wildman–Crippen LogP) is 4.77. The monoisotopic (exact) mass is 358 g/mol. The first kappa shape index (κ1) is 16.2. The molecule has 3 aliphatic carbocycles. The Morgan fingerprint density at radius 2 is 2.12 bits per heavy atom. The van der Waals surface area contributed by atoms with Gasteiger partial charge in [-0.1, -0.05) is 32.0 Å². The van der Waals surface area contributed by atoms with E-state index in [4.69, 9.17) is 25.3 Å². The fraction of sp³-hybridized carbons (Fsp3) is 0.600. The van der Waals surface area contributed by atoms with E-state index in [1.807, 2.05) is 6.26 Å². The maximum atomic E-state index is 6.72. The van der Waals surface area contributed by atoms with Gasteiger partial charge in [-0.3, -0.25) is 0 Å². The molecule has 6 rings (SSSR count). The van der Waals surface area contributed by atoms with Crippen molar-refractivity contribution in [2.45, 2.75) is 57.5 Å². The van der Waals surface area contributed by atoms with Crippen molar-refractivity contribution in [3.05, 3.63) is 35.6 Å². The summed E-state index contributed by atoms with van der Waals surface area (Å²) in [5.74, 6) is 1.39. The molecule has 2 bridgehead atoms.